The number of para-hydroxylation sites is 1. The van der Waals surface area contributed by atoms with Crippen molar-refractivity contribution in [3.63, 3.8) is 0 Å². The third-order valence-corrected chi connectivity index (χ3v) is 6.79. The lowest BCUT2D eigenvalue weighted by Gasteiger charge is -2.18. The second-order valence-corrected chi connectivity index (χ2v) is 9.02. The molecule has 8 nitrogen and oxygen atoms in total. The molecule has 4 rings (SSSR count). The second-order valence-electron chi connectivity index (χ2n) is 7.01. The van der Waals surface area contributed by atoms with E-state index in [9.17, 15) is 18.5 Å². The highest BCUT2D eigenvalue weighted by Gasteiger charge is 2.28. The van der Waals surface area contributed by atoms with Crippen LogP contribution in [0.1, 0.15) is 17.7 Å². The third-order valence-electron chi connectivity index (χ3n) is 4.92. The predicted octanol–water partition coefficient (Wildman–Crippen LogP) is 3.60. The van der Waals surface area contributed by atoms with Gasteiger partial charge in [-0.1, -0.05) is 24.3 Å². The number of nitrogens with zero attached hydrogens (tertiary/aromatic N) is 3. The Bertz CT molecular complexity index is 1210. The van der Waals surface area contributed by atoms with Crippen LogP contribution in [0, 0.1) is 17.0 Å². The Kier molecular flexibility index (Phi) is 4.83. The van der Waals surface area contributed by atoms with E-state index in [1.165, 1.54) is 10.4 Å². The minimum Gasteiger partial charge on any atom is -0.380 e. The Balaban J connectivity index is 1.63. The van der Waals surface area contributed by atoms with Gasteiger partial charge in [-0.2, -0.15) is 0 Å². The number of anilines is 2. The third kappa shape index (κ3) is 3.73. The Morgan fingerprint density at radius 1 is 1.21 bits per heavy atom. The van der Waals surface area contributed by atoms with Gasteiger partial charge in [0.15, 0.2) is 5.52 Å². The number of hydrogen-bond donors (Lipinski definition) is 1. The summed E-state index contributed by atoms with van der Waals surface area (Å²) in [5, 5.41) is 15.3. The van der Waals surface area contributed by atoms with Crippen LogP contribution in [0.3, 0.4) is 0 Å². The maximum Gasteiger partial charge on any atom is 0.295 e. The van der Waals surface area contributed by atoms with E-state index < -0.39 is 14.9 Å². The van der Waals surface area contributed by atoms with Gasteiger partial charge in [-0.05, 0) is 37.1 Å². The lowest BCUT2D eigenvalue weighted by atomic mass is 10.1. The second kappa shape index (κ2) is 7.32. The number of benzene rings is 2. The molecule has 29 heavy (non-hydrogen) atoms. The lowest BCUT2D eigenvalue weighted by molar-refractivity contribution is -0.383. The van der Waals surface area contributed by atoms with Crippen molar-refractivity contribution in [2.75, 3.05) is 21.9 Å². The highest BCUT2D eigenvalue weighted by atomic mass is 32.2. The largest absolute Gasteiger partial charge is 0.380 e. The van der Waals surface area contributed by atoms with Gasteiger partial charge in [0.1, 0.15) is 0 Å². The Morgan fingerprint density at radius 2 is 2.00 bits per heavy atom. The molecule has 1 fully saturated rings. The van der Waals surface area contributed by atoms with Crippen LogP contribution in [0.4, 0.5) is 17.1 Å². The highest BCUT2D eigenvalue weighted by molar-refractivity contribution is 7.93. The number of aryl methyl sites for hydroxylation is 1. The van der Waals surface area contributed by atoms with Gasteiger partial charge < -0.3 is 5.32 Å². The maximum absolute atomic E-state index is 12.2. The van der Waals surface area contributed by atoms with Crippen molar-refractivity contribution in [1.29, 1.82) is 0 Å². The summed E-state index contributed by atoms with van der Waals surface area (Å²) in [7, 11) is -3.23. The fourth-order valence-electron chi connectivity index (χ4n) is 3.60. The Morgan fingerprint density at radius 3 is 2.72 bits per heavy atom. The van der Waals surface area contributed by atoms with Crippen molar-refractivity contribution >= 4 is 38.0 Å². The standard InChI is InChI=1S/C20H20N4O4S/c1-14-11-18(17-7-3-8-19(24(25)26)20(17)22-14)21-13-15-5-2-6-16(12-15)23-9-4-10-29(23,27)28/h2-3,5-8,11-12H,4,9-10,13H2,1H3,(H,21,22). The molecule has 1 N–H and O–H groups in total. The van der Waals surface area contributed by atoms with Crippen LogP contribution in [-0.2, 0) is 16.6 Å². The smallest absolute Gasteiger partial charge is 0.295 e. The van der Waals surface area contributed by atoms with Crippen LogP contribution >= 0.6 is 0 Å². The summed E-state index contributed by atoms with van der Waals surface area (Å²) in [6.07, 6.45) is 0.631. The minimum atomic E-state index is -3.23. The van der Waals surface area contributed by atoms with Gasteiger partial charge in [-0.15, -0.1) is 0 Å². The summed E-state index contributed by atoms with van der Waals surface area (Å²) in [6.45, 7) is 2.74. The Hall–Kier alpha value is -3.20. The first kappa shape index (κ1) is 19.1. The summed E-state index contributed by atoms with van der Waals surface area (Å²) in [5.41, 5.74) is 3.31. The molecular weight excluding hydrogens is 392 g/mol. The van der Waals surface area contributed by atoms with Gasteiger partial charge in [0.25, 0.3) is 5.69 Å². The Labute approximate surface area is 168 Å². The molecule has 0 amide bonds. The highest BCUT2D eigenvalue weighted by Crippen LogP contribution is 2.30. The number of fused-ring (bicyclic) bond motifs is 1. The topological polar surface area (TPSA) is 105 Å². The molecule has 0 aliphatic carbocycles. The molecule has 0 spiro atoms. The van der Waals surface area contributed by atoms with Crippen LogP contribution in [-0.4, -0.2) is 30.6 Å². The van der Waals surface area contributed by atoms with Crippen molar-refractivity contribution in [1.82, 2.24) is 4.98 Å². The summed E-state index contributed by atoms with van der Waals surface area (Å²) in [5.74, 6) is 0.177. The number of pyridine rings is 1. The SMILES string of the molecule is Cc1cc(NCc2cccc(N3CCCS3(=O)=O)c2)c2cccc([N+](=O)[O-])c2n1. The molecule has 1 aliphatic rings. The van der Waals surface area contributed by atoms with Gasteiger partial charge in [0, 0.05) is 35.9 Å². The molecule has 9 heteroatoms. The summed E-state index contributed by atoms with van der Waals surface area (Å²) >= 11 is 0. The number of nitrogens with one attached hydrogen (secondary N) is 1. The van der Waals surface area contributed by atoms with Crippen LogP contribution in [0.2, 0.25) is 0 Å². The van der Waals surface area contributed by atoms with E-state index in [0.717, 1.165) is 11.3 Å². The average Bonchev–Trinajstić information content (AvgIpc) is 3.04. The lowest BCUT2D eigenvalue weighted by Crippen LogP contribution is -2.25. The van der Waals surface area contributed by atoms with Gasteiger partial charge in [0.2, 0.25) is 10.0 Å². The van der Waals surface area contributed by atoms with Gasteiger partial charge >= 0.3 is 0 Å². The van der Waals surface area contributed by atoms with E-state index in [4.69, 9.17) is 0 Å². The molecule has 0 radical (unpaired) electrons. The zero-order valence-electron chi connectivity index (χ0n) is 15.8. The van der Waals surface area contributed by atoms with E-state index >= 15 is 0 Å². The quantitative estimate of drug-likeness (QED) is 0.507. The van der Waals surface area contributed by atoms with Gasteiger partial charge in [-0.25, -0.2) is 13.4 Å². The molecule has 150 valence electrons. The predicted molar refractivity (Wildman–Crippen MR) is 113 cm³/mol. The first-order chi connectivity index (χ1) is 13.8. The number of non-ortho nitro benzene ring substituents is 1. The summed E-state index contributed by atoms with van der Waals surface area (Å²) in [4.78, 5) is 15.2. The van der Waals surface area contributed by atoms with E-state index in [1.54, 1.807) is 25.1 Å². The molecule has 0 unspecified atom stereocenters. The zero-order chi connectivity index (χ0) is 20.6. The normalized spacial score (nSPS) is 15.6. The molecular formula is C20H20N4O4S. The van der Waals surface area contributed by atoms with Crippen molar-refractivity contribution < 1.29 is 13.3 Å². The fraction of sp³-hybridized carbons (Fsp3) is 0.250. The fourth-order valence-corrected chi connectivity index (χ4v) is 5.16. The molecule has 3 aromatic rings. The molecule has 1 saturated heterocycles. The number of nitro benzene ring substituents is 1. The van der Waals surface area contributed by atoms with E-state index in [2.05, 4.69) is 10.3 Å². The van der Waals surface area contributed by atoms with Crippen LogP contribution in [0.5, 0.6) is 0 Å². The van der Waals surface area contributed by atoms with Gasteiger partial charge in [0.05, 0.1) is 16.4 Å². The molecule has 1 aromatic heterocycles. The first-order valence-corrected chi connectivity index (χ1v) is 10.8. The number of rotatable bonds is 5. The van der Waals surface area contributed by atoms with Crippen LogP contribution in [0.25, 0.3) is 10.9 Å². The van der Waals surface area contributed by atoms with Crippen LogP contribution < -0.4 is 9.62 Å². The monoisotopic (exact) mass is 412 g/mol. The molecule has 0 atom stereocenters. The molecule has 1 aliphatic heterocycles. The first-order valence-electron chi connectivity index (χ1n) is 9.23. The minimum absolute atomic E-state index is 0.0320. The molecule has 2 aromatic carbocycles. The number of hydrogen-bond acceptors (Lipinski definition) is 6. The number of nitro groups is 1. The summed E-state index contributed by atoms with van der Waals surface area (Å²) in [6, 6.07) is 14.1. The van der Waals surface area contributed by atoms with E-state index in [-0.39, 0.29) is 11.4 Å². The molecule has 2 heterocycles. The van der Waals surface area contributed by atoms with Crippen molar-refractivity contribution in [2.45, 2.75) is 19.9 Å². The molecule has 0 bridgehead atoms. The zero-order valence-corrected chi connectivity index (χ0v) is 16.6. The molecule has 0 saturated carbocycles. The van der Waals surface area contributed by atoms with Crippen molar-refractivity contribution in [2.24, 2.45) is 0 Å². The van der Waals surface area contributed by atoms with Crippen LogP contribution in [0.15, 0.2) is 48.5 Å². The van der Waals surface area contributed by atoms with E-state index in [0.29, 0.717) is 41.8 Å². The van der Waals surface area contributed by atoms with Crippen molar-refractivity contribution in [3.8, 4) is 0 Å². The maximum atomic E-state index is 12.2. The number of sulfonamides is 1. The summed E-state index contributed by atoms with van der Waals surface area (Å²) < 4.78 is 25.8. The van der Waals surface area contributed by atoms with E-state index in [1.807, 2.05) is 24.3 Å². The van der Waals surface area contributed by atoms with Gasteiger partial charge in [-0.3, -0.25) is 14.4 Å². The number of aromatic nitrogens is 1. The average molecular weight is 412 g/mol. The van der Waals surface area contributed by atoms with Crippen molar-refractivity contribution in [3.05, 3.63) is 69.9 Å².